The van der Waals surface area contributed by atoms with Gasteiger partial charge in [0.15, 0.2) is 11.4 Å². The first kappa shape index (κ1) is 58.9. The zero-order chi connectivity index (χ0) is 54.9. The van der Waals surface area contributed by atoms with E-state index in [1.807, 2.05) is 32.9 Å². The quantitative estimate of drug-likeness (QED) is 0.106. The number of carbonyl (C=O) groups is 3. The van der Waals surface area contributed by atoms with Gasteiger partial charge in [0.1, 0.15) is 28.6 Å². The number of carbonyl (C=O) groups excluding carboxylic acids is 3. The first-order valence-electron chi connectivity index (χ1n) is 27.4. The van der Waals surface area contributed by atoms with Crippen LogP contribution in [0, 0.1) is 55.3 Å². The molecule has 2 saturated heterocycles. The lowest BCUT2D eigenvalue weighted by atomic mass is 9.80. The van der Waals surface area contributed by atoms with E-state index in [0.29, 0.717) is 37.2 Å². The molecule has 16 heteroatoms. The zero-order valence-corrected chi connectivity index (χ0v) is 46.4. The highest BCUT2D eigenvalue weighted by Crippen LogP contribution is 2.50. The molecule has 1 saturated carbocycles. The average Bonchev–Trinajstić information content (AvgIpc) is 3.89. The summed E-state index contributed by atoms with van der Waals surface area (Å²) in [6.07, 6.45) is 24.1. The second-order valence-corrected chi connectivity index (χ2v) is 22.6. The summed E-state index contributed by atoms with van der Waals surface area (Å²) in [5.74, 6) is -3.46. The fourth-order valence-corrected chi connectivity index (χ4v) is 12.0. The number of aliphatic hydroxyl groups excluding tert-OH is 2. The fourth-order valence-electron chi connectivity index (χ4n) is 12.0. The van der Waals surface area contributed by atoms with Gasteiger partial charge in [-0.1, -0.05) is 79.0 Å². The number of aromatic hydroxyl groups is 2. The minimum absolute atomic E-state index is 0.00294. The predicted octanol–water partition coefficient (Wildman–Crippen LogP) is 7.19. The van der Waals surface area contributed by atoms with E-state index < -0.39 is 47.0 Å². The summed E-state index contributed by atoms with van der Waals surface area (Å²) in [6.45, 7) is 24.3. The van der Waals surface area contributed by atoms with Gasteiger partial charge in [0.25, 0.3) is 11.7 Å². The normalized spacial score (nSPS) is 29.5. The molecule has 5 bridgehead atoms. The van der Waals surface area contributed by atoms with Crippen molar-refractivity contribution in [1.82, 2.24) is 14.7 Å². The number of phenols is 2. The number of hydrogen-bond donors (Lipinski definition) is 5. The number of piperazine rings is 1. The van der Waals surface area contributed by atoms with Crippen LogP contribution in [0.2, 0.25) is 0 Å². The Morgan fingerprint density at radius 1 is 0.893 bits per heavy atom. The molecule has 0 aromatic heterocycles. The number of Topliss-reactive ketones (excluding diaryl/α,β-unsaturated/α-hetero) is 1. The third-order valence-corrected chi connectivity index (χ3v) is 16.2. The maximum atomic E-state index is 14.9. The van der Waals surface area contributed by atoms with E-state index in [4.69, 9.17) is 29.3 Å². The number of nitrogens with zero attached hydrogens (tertiary/aromatic N) is 5. The maximum Gasteiger partial charge on any atom is 0.320 e. The Balaban J connectivity index is 0.00000223. The van der Waals surface area contributed by atoms with E-state index in [0.717, 1.165) is 65.4 Å². The number of benzene rings is 2. The molecule has 5 N–H and O–H groups in total. The number of fused-ring (bicyclic) bond motifs is 13. The third-order valence-electron chi connectivity index (χ3n) is 16.2. The highest BCUT2D eigenvalue weighted by molar-refractivity contribution is 6.19. The molecule has 3 fully saturated rings. The smallest absolute Gasteiger partial charge is 0.320 e. The molecule has 1 spiro atoms. The number of aliphatic hydroxyl groups is 2. The van der Waals surface area contributed by atoms with Crippen molar-refractivity contribution in [1.29, 1.82) is 0 Å². The van der Waals surface area contributed by atoms with Crippen LogP contribution in [0.15, 0.2) is 46.1 Å². The summed E-state index contributed by atoms with van der Waals surface area (Å²) < 4.78 is 19.0. The number of likely N-dealkylation sites (tertiary alicyclic amines) is 1. The van der Waals surface area contributed by atoms with Gasteiger partial charge in [-0.15, -0.1) is 12.8 Å². The van der Waals surface area contributed by atoms with Gasteiger partial charge in [0.2, 0.25) is 0 Å². The number of esters is 1. The van der Waals surface area contributed by atoms with Gasteiger partial charge in [-0.2, -0.15) is 0 Å². The summed E-state index contributed by atoms with van der Waals surface area (Å²) in [7, 11) is 1.00. The number of terminal acetylenes is 1. The monoisotopic (exact) mass is 1040 g/mol. The van der Waals surface area contributed by atoms with E-state index >= 15 is 0 Å². The number of nitrogens with one attached hydrogen (secondary N) is 1. The van der Waals surface area contributed by atoms with Gasteiger partial charge in [-0.25, -0.2) is 0 Å². The van der Waals surface area contributed by atoms with Crippen LogP contribution in [-0.4, -0.2) is 142 Å². The third kappa shape index (κ3) is 13.3. The van der Waals surface area contributed by atoms with Gasteiger partial charge in [0.05, 0.1) is 35.2 Å². The van der Waals surface area contributed by atoms with E-state index in [1.165, 1.54) is 45.3 Å². The number of anilines is 1. The Hall–Kier alpha value is -5.31. The molecule has 2 aromatic carbocycles. The maximum absolute atomic E-state index is 14.9. The Morgan fingerprint density at radius 3 is 2.19 bits per heavy atom. The largest absolute Gasteiger partial charge is 0.507 e. The SMILES string of the molecule is C#C.C/C1=C/C=C/C(C)C[C@@H](C)[C@@H](O)[C@@H](C)C(OC(=O)CN2CCN(CC3CCCCC3)CC2)[C@H](C)C/C=C/OC2(C)Oc3c(C)c(O)c4c(O)c(c5c(c4c3C2=O)=NC2(CCN(CC(C)C)CC2)N=5)NC1=O.CO. The van der Waals surface area contributed by atoms with Gasteiger partial charge < -0.3 is 49.8 Å². The molecule has 3 unspecified atom stereocenters. The molecular formula is C59H86N6O10. The predicted molar refractivity (Wildman–Crippen MR) is 292 cm³/mol. The van der Waals surface area contributed by atoms with Crippen molar-refractivity contribution in [3.05, 3.63) is 58.0 Å². The molecule has 16 nitrogen and oxygen atoms in total. The molecule has 6 heterocycles. The second kappa shape index (κ2) is 25.7. The number of piperidine rings is 1. The number of allylic oxidation sites excluding steroid dienone is 4. The van der Waals surface area contributed by atoms with E-state index in [9.17, 15) is 29.7 Å². The summed E-state index contributed by atoms with van der Waals surface area (Å²) in [5.41, 5.74) is -0.266. The highest BCUT2D eigenvalue weighted by Gasteiger charge is 2.50. The Kier molecular flexibility index (Phi) is 20.2. The molecule has 412 valence electrons. The van der Waals surface area contributed by atoms with E-state index in [2.05, 4.69) is 53.6 Å². The number of hydrogen-bond acceptors (Lipinski definition) is 15. The molecule has 75 heavy (non-hydrogen) atoms. The molecule has 9 rings (SSSR count). The van der Waals surface area contributed by atoms with E-state index in [-0.39, 0.29) is 80.1 Å². The van der Waals surface area contributed by atoms with Gasteiger partial charge in [0, 0.05) is 102 Å². The summed E-state index contributed by atoms with van der Waals surface area (Å²) in [6, 6.07) is 0. The van der Waals surface area contributed by atoms with E-state index in [1.54, 1.807) is 26.0 Å². The van der Waals surface area contributed by atoms with Crippen LogP contribution in [0.3, 0.4) is 0 Å². The van der Waals surface area contributed by atoms with Crippen molar-refractivity contribution in [2.24, 2.45) is 45.5 Å². The van der Waals surface area contributed by atoms with Crippen LogP contribution < -0.4 is 20.8 Å². The number of ether oxygens (including phenoxy) is 3. The van der Waals surface area contributed by atoms with Gasteiger partial charge in [-0.3, -0.25) is 29.3 Å². The number of ketones is 1. The molecule has 1 amide bonds. The topological polar surface area (TPSA) is 206 Å². The molecule has 7 atom stereocenters. The van der Waals surface area contributed by atoms with Crippen LogP contribution >= 0.6 is 0 Å². The van der Waals surface area contributed by atoms with Crippen molar-refractivity contribution < 1.29 is 49.0 Å². The Bertz CT molecular complexity index is 2600. The summed E-state index contributed by atoms with van der Waals surface area (Å²) >= 11 is 0. The van der Waals surface area contributed by atoms with Crippen LogP contribution in [0.5, 0.6) is 17.2 Å². The number of rotatable bonds is 7. The Labute approximate surface area is 445 Å². The average molecular weight is 1040 g/mol. The van der Waals surface area contributed by atoms with Gasteiger partial charge >= 0.3 is 11.8 Å². The molecule has 0 radical (unpaired) electrons. The Morgan fingerprint density at radius 2 is 1.53 bits per heavy atom. The lowest BCUT2D eigenvalue weighted by Gasteiger charge is -2.38. The van der Waals surface area contributed by atoms with Crippen LogP contribution in [0.25, 0.3) is 10.8 Å². The number of phenolic OH excluding ortho intramolecular Hbond substituents is 2. The fraction of sp³-hybridized carbons (Fsp3) is 0.644. The summed E-state index contributed by atoms with van der Waals surface area (Å²) in [5, 5.41) is 46.6. The zero-order valence-electron chi connectivity index (χ0n) is 46.4. The first-order chi connectivity index (χ1) is 35.8. The standard InChI is InChI=1S/C56H80N6O9.C2H2.CH4O/c1-33(2)30-60-22-20-56(21-23-60)58-45-42-43-49(65)39(8)52-44(42)53(67)55(9,71-52)69-28-14-17-35(4)51(70-41(63)32-62-26-24-61(25-27-62)31-40-18-11-10-12-19-40)38(7)48(64)37(6)29-34(3)15-13-16-36(5)54(68)57-47(50(43)66)46(45)59-56;2*1-2/h13-16,28,33-35,37-38,40,48,51,64-66H,10-12,17-27,29-32H2,1-9H3,(H,57,68);1-2H;2H,1H3/b15-13+,28-14+,36-16-;;/t34?,35-,37-,38-,48-,51?,55?;;/m1../s1. The molecular weight excluding hydrogens is 953 g/mol. The summed E-state index contributed by atoms with van der Waals surface area (Å²) in [4.78, 5) is 60.3. The highest BCUT2D eigenvalue weighted by atomic mass is 16.7. The molecule has 1 aliphatic carbocycles. The van der Waals surface area contributed by atoms with Crippen LogP contribution in [-0.2, 0) is 19.1 Å². The van der Waals surface area contributed by atoms with Crippen molar-refractivity contribution in [3.63, 3.8) is 0 Å². The molecule has 6 aliphatic heterocycles. The lowest BCUT2D eigenvalue weighted by Crippen LogP contribution is -2.50. The van der Waals surface area contributed by atoms with Crippen molar-refractivity contribution >= 4 is 34.1 Å². The lowest BCUT2D eigenvalue weighted by molar-refractivity contribution is -0.160. The minimum Gasteiger partial charge on any atom is -0.507 e. The van der Waals surface area contributed by atoms with Crippen molar-refractivity contribution in [2.75, 3.05) is 71.3 Å². The minimum atomic E-state index is -1.87. The first-order valence-corrected chi connectivity index (χ1v) is 27.4. The van der Waals surface area contributed by atoms with Crippen molar-refractivity contribution in [2.45, 2.75) is 144 Å². The van der Waals surface area contributed by atoms with Crippen molar-refractivity contribution in [3.8, 4) is 30.1 Å². The second-order valence-electron chi connectivity index (χ2n) is 22.6. The van der Waals surface area contributed by atoms with Crippen LogP contribution in [0.1, 0.15) is 129 Å². The van der Waals surface area contributed by atoms with Gasteiger partial charge in [-0.05, 0) is 75.2 Å². The molecule has 7 aliphatic rings. The number of amides is 1. The molecule has 2 aromatic rings. The van der Waals surface area contributed by atoms with Crippen LogP contribution in [0.4, 0.5) is 5.69 Å².